The Hall–Kier alpha value is -1.52. The molecule has 0 unspecified atom stereocenters. The Morgan fingerprint density at radius 1 is 1.16 bits per heavy atom. The van der Waals surface area contributed by atoms with Crippen LogP contribution in [0.5, 0.6) is 0 Å². The number of benzene rings is 2. The molecule has 134 valence electrons. The van der Waals surface area contributed by atoms with E-state index in [1.807, 2.05) is 22.6 Å². The van der Waals surface area contributed by atoms with E-state index in [4.69, 9.17) is 0 Å². The van der Waals surface area contributed by atoms with Gasteiger partial charge in [0.1, 0.15) is 5.82 Å². The monoisotopic (exact) mass is 484 g/mol. The van der Waals surface area contributed by atoms with E-state index in [9.17, 15) is 23.1 Å². The van der Waals surface area contributed by atoms with Crippen molar-refractivity contribution < 1.29 is 23.1 Å². The molecule has 1 heterocycles. The first-order valence-electron chi connectivity index (χ1n) is 7.04. The molecule has 1 amide bonds. The molecule has 0 aliphatic carbocycles. The second kappa shape index (κ2) is 7.79. The Kier molecular flexibility index (Phi) is 6.17. The van der Waals surface area contributed by atoms with Crippen LogP contribution in [0.25, 0.3) is 0 Å². The molecule has 1 fully saturated rings. The molecule has 1 saturated heterocycles. The summed E-state index contributed by atoms with van der Waals surface area (Å²) < 4.78 is 42.4. The minimum Gasteiger partial charge on any atom is -0.389 e. The minimum absolute atomic E-state index is 0. The molecule has 0 radical (unpaired) electrons. The number of anilines is 2. The number of nitrogens with zero attached hydrogens (tertiary/aromatic N) is 1. The summed E-state index contributed by atoms with van der Waals surface area (Å²) in [4.78, 5) is 13.7. The number of amides is 1. The van der Waals surface area contributed by atoms with Crippen molar-refractivity contribution in [2.45, 2.75) is 6.10 Å². The van der Waals surface area contributed by atoms with Crippen LogP contribution in [0.15, 0.2) is 30.3 Å². The van der Waals surface area contributed by atoms with Crippen LogP contribution in [0.1, 0.15) is 10.4 Å². The highest BCUT2D eigenvalue weighted by Crippen LogP contribution is 2.30. The third-order valence-electron chi connectivity index (χ3n) is 3.67. The lowest BCUT2D eigenvalue weighted by Crippen LogP contribution is -2.53. The van der Waals surface area contributed by atoms with Crippen LogP contribution in [0.2, 0.25) is 0 Å². The van der Waals surface area contributed by atoms with Crippen LogP contribution < -0.4 is 5.32 Å². The third kappa shape index (κ3) is 4.01. The zero-order chi connectivity index (χ0) is 17.4. The van der Waals surface area contributed by atoms with E-state index in [2.05, 4.69) is 5.32 Å². The highest BCUT2D eigenvalue weighted by atomic mass is 127. The van der Waals surface area contributed by atoms with Crippen LogP contribution in [-0.2, 0) is 0 Å². The van der Waals surface area contributed by atoms with E-state index in [0.717, 1.165) is 12.1 Å². The Balaban J connectivity index is 0.00000225. The predicted molar refractivity (Wildman–Crippen MR) is 97.9 cm³/mol. The fourth-order valence-electron chi connectivity index (χ4n) is 2.37. The molecule has 2 aromatic rings. The van der Waals surface area contributed by atoms with Crippen LogP contribution in [0.4, 0.5) is 24.5 Å². The van der Waals surface area contributed by atoms with Gasteiger partial charge in [-0.3, -0.25) is 4.79 Å². The number of hydrogen-bond acceptors (Lipinski definition) is 3. The number of halogens is 5. The summed E-state index contributed by atoms with van der Waals surface area (Å²) in [6.07, 6.45) is -0.621. The van der Waals surface area contributed by atoms with Gasteiger partial charge in [-0.2, -0.15) is 0 Å². The van der Waals surface area contributed by atoms with Gasteiger partial charge in [-0.1, -0.05) is 0 Å². The number of hydrogen-bond donors (Lipinski definition) is 2. The van der Waals surface area contributed by atoms with Crippen molar-refractivity contribution in [3.63, 3.8) is 0 Å². The molecule has 4 nitrogen and oxygen atoms in total. The van der Waals surface area contributed by atoms with Crippen molar-refractivity contribution in [1.82, 2.24) is 4.90 Å². The Morgan fingerprint density at radius 2 is 1.84 bits per heavy atom. The van der Waals surface area contributed by atoms with Gasteiger partial charge in [0.05, 0.1) is 23.0 Å². The molecule has 9 heteroatoms. The number of nitrogens with one attached hydrogen (secondary N) is 1. The molecule has 1 aliphatic heterocycles. The minimum atomic E-state index is -1.26. The lowest BCUT2D eigenvalue weighted by Gasteiger charge is -2.36. The molecule has 1 aliphatic rings. The number of aliphatic hydroxyl groups is 1. The Bertz CT molecular complexity index is 816. The molecule has 0 aromatic heterocycles. The number of aliphatic hydroxyl groups excluding tert-OH is 1. The first-order valence-corrected chi connectivity index (χ1v) is 8.12. The highest BCUT2D eigenvalue weighted by Gasteiger charge is 2.32. The van der Waals surface area contributed by atoms with Gasteiger partial charge in [-0.05, 0) is 52.9 Å². The normalized spacial score (nSPS) is 13.9. The third-order valence-corrected chi connectivity index (χ3v) is 4.34. The van der Waals surface area contributed by atoms with Gasteiger partial charge in [0.2, 0.25) is 0 Å². The van der Waals surface area contributed by atoms with Crippen molar-refractivity contribution in [1.29, 1.82) is 0 Å². The van der Waals surface area contributed by atoms with Crippen molar-refractivity contribution in [2.24, 2.45) is 0 Å². The lowest BCUT2D eigenvalue weighted by atomic mass is 10.1. The number of carbonyl (C=O) groups is 1. The van der Waals surface area contributed by atoms with Gasteiger partial charge in [0, 0.05) is 16.7 Å². The average Bonchev–Trinajstić information content (AvgIpc) is 2.50. The van der Waals surface area contributed by atoms with Crippen molar-refractivity contribution in [3.8, 4) is 0 Å². The van der Waals surface area contributed by atoms with Gasteiger partial charge >= 0.3 is 0 Å². The summed E-state index contributed by atoms with van der Waals surface area (Å²) in [5, 5.41) is 11.8. The molecule has 0 saturated carbocycles. The largest absolute Gasteiger partial charge is 0.389 e. The van der Waals surface area contributed by atoms with Crippen molar-refractivity contribution in [2.75, 3.05) is 18.4 Å². The Labute approximate surface area is 161 Å². The van der Waals surface area contributed by atoms with Gasteiger partial charge in [0.25, 0.3) is 5.91 Å². The zero-order valence-corrected chi connectivity index (χ0v) is 15.6. The van der Waals surface area contributed by atoms with Crippen LogP contribution >= 0.6 is 35.0 Å². The molecule has 2 N–H and O–H groups in total. The number of rotatable bonds is 3. The molecule has 0 spiro atoms. The first kappa shape index (κ1) is 19.8. The van der Waals surface area contributed by atoms with Gasteiger partial charge in [0.15, 0.2) is 11.6 Å². The summed E-state index contributed by atoms with van der Waals surface area (Å²) >= 11 is 1.92. The number of carbonyl (C=O) groups excluding carboxylic acids is 1. The first-order chi connectivity index (χ1) is 11.4. The van der Waals surface area contributed by atoms with Gasteiger partial charge < -0.3 is 15.3 Å². The summed E-state index contributed by atoms with van der Waals surface area (Å²) in [6.45, 7) is 0.240. The highest BCUT2D eigenvalue weighted by molar-refractivity contribution is 14.1. The summed E-state index contributed by atoms with van der Waals surface area (Å²) in [7, 11) is 0. The molecule has 2 aromatic carbocycles. The standard InChI is InChI=1S/C16H12F3IN2O2.ClH/c17-11-3-2-10(16(24)22-6-9(23)7-22)15(14(11)19)21-13-4-1-8(20)5-12(13)18;/h1-5,9,21,23H,6-7H2;1H. The van der Waals surface area contributed by atoms with E-state index < -0.39 is 35.2 Å². The Morgan fingerprint density at radius 3 is 2.44 bits per heavy atom. The maximum Gasteiger partial charge on any atom is 0.256 e. The fraction of sp³-hybridized carbons (Fsp3) is 0.188. The SMILES string of the molecule is Cl.O=C(c1ccc(F)c(F)c1Nc1ccc(I)cc1F)N1CC(O)C1. The topological polar surface area (TPSA) is 52.6 Å². The maximum atomic E-state index is 14.2. The average molecular weight is 485 g/mol. The van der Waals surface area contributed by atoms with Gasteiger partial charge in [-0.15, -0.1) is 12.4 Å². The molecular weight excluding hydrogens is 472 g/mol. The second-order valence-corrected chi connectivity index (χ2v) is 6.64. The molecule has 0 atom stereocenters. The summed E-state index contributed by atoms with van der Waals surface area (Å²) in [5.74, 6) is -3.63. The number of likely N-dealkylation sites (tertiary alicyclic amines) is 1. The van der Waals surface area contributed by atoms with Crippen molar-refractivity contribution >= 4 is 52.3 Å². The molecular formula is C16H13ClF3IN2O2. The fourth-order valence-corrected chi connectivity index (χ4v) is 2.82. The summed E-state index contributed by atoms with van der Waals surface area (Å²) in [5.41, 5.74) is -0.627. The molecule has 0 bridgehead atoms. The van der Waals surface area contributed by atoms with Crippen LogP contribution in [-0.4, -0.2) is 35.1 Å². The van der Waals surface area contributed by atoms with Crippen LogP contribution in [0, 0.1) is 21.0 Å². The zero-order valence-electron chi connectivity index (χ0n) is 12.6. The number of β-amino-alcohol motifs (C(OH)–C–C–N with tert-alkyl or cyclic N) is 1. The quantitative estimate of drug-likeness (QED) is 0.654. The lowest BCUT2D eigenvalue weighted by molar-refractivity contribution is 0.00593. The van der Waals surface area contributed by atoms with E-state index in [0.29, 0.717) is 3.57 Å². The predicted octanol–water partition coefficient (Wildman–Crippen LogP) is 3.69. The van der Waals surface area contributed by atoms with Crippen LogP contribution in [0.3, 0.4) is 0 Å². The van der Waals surface area contributed by atoms with E-state index in [1.165, 1.54) is 17.0 Å². The molecule has 3 rings (SSSR count). The van der Waals surface area contributed by atoms with Gasteiger partial charge in [-0.25, -0.2) is 13.2 Å². The van der Waals surface area contributed by atoms with E-state index in [1.54, 1.807) is 6.07 Å². The van der Waals surface area contributed by atoms with E-state index >= 15 is 0 Å². The smallest absolute Gasteiger partial charge is 0.256 e. The van der Waals surface area contributed by atoms with E-state index in [-0.39, 0.29) is 36.7 Å². The summed E-state index contributed by atoms with van der Waals surface area (Å²) in [6, 6.07) is 6.18. The molecule has 25 heavy (non-hydrogen) atoms. The second-order valence-electron chi connectivity index (χ2n) is 5.40. The van der Waals surface area contributed by atoms with Crippen molar-refractivity contribution in [3.05, 3.63) is 56.9 Å². The maximum absolute atomic E-state index is 14.2.